The zero-order chi connectivity index (χ0) is 12.8. The summed E-state index contributed by atoms with van der Waals surface area (Å²) in [7, 11) is 0. The fraction of sp³-hybridized carbons (Fsp3) is 0.538. The molecule has 1 atom stereocenters. The van der Waals surface area contributed by atoms with Gasteiger partial charge >= 0.3 is 0 Å². The molecule has 0 aliphatic carbocycles. The molecule has 1 aromatic heterocycles. The second-order valence-electron chi connectivity index (χ2n) is 4.64. The molecule has 0 saturated carbocycles. The first-order chi connectivity index (χ1) is 8.75. The number of amides is 1. The molecule has 2 rings (SSSR count). The smallest absolute Gasteiger partial charge is 0.224 e. The molecule has 1 aromatic rings. The minimum atomic E-state index is 0.00970. The summed E-state index contributed by atoms with van der Waals surface area (Å²) in [6.07, 6.45) is 5.49. The van der Waals surface area contributed by atoms with E-state index in [9.17, 15) is 4.79 Å². The maximum absolute atomic E-state index is 11.8. The average molecular weight is 268 g/mol. The maximum Gasteiger partial charge on any atom is 0.224 e. The third-order valence-corrected chi connectivity index (χ3v) is 3.51. The lowest BCUT2D eigenvalue weighted by Gasteiger charge is -2.22. The number of nitrogens with one attached hydrogen (secondary N) is 2. The average Bonchev–Trinajstić information content (AvgIpc) is 2.40. The van der Waals surface area contributed by atoms with Gasteiger partial charge in [0.1, 0.15) is 0 Å². The number of carbonyl (C=O) groups is 1. The first kappa shape index (κ1) is 13.3. The van der Waals surface area contributed by atoms with Gasteiger partial charge in [0.05, 0.1) is 5.69 Å². The van der Waals surface area contributed by atoms with Crippen LogP contribution in [-0.2, 0) is 4.79 Å². The monoisotopic (exact) mass is 267 g/mol. The lowest BCUT2D eigenvalue weighted by molar-refractivity contribution is -0.116. The molecule has 1 amide bonds. The van der Waals surface area contributed by atoms with Crippen molar-refractivity contribution in [2.75, 3.05) is 18.4 Å². The van der Waals surface area contributed by atoms with Gasteiger partial charge in [-0.05, 0) is 50.4 Å². The minimum absolute atomic E-state index is 0.00970. The van der Waals surface area contributed by atoms with Gasteiger partial charge in [-0.2, -0.15) is 0 Å². The van der Waals surface area contributed by atoms with Crippen molar-refractivity contribution >= 4 is 23.2 Å². The number of piperidine rings is 1. The first-order valence-electron chi connectivity index (χ1n) is 6.37. The Labute approximate surface area is 112 Å². The number of hydrogen-bond acceptors (Lipinski definition) is 3. The van der Waals surface area contributed by atoms with Crippen LogP contribution in [0.15, 0.2) is 18.3 Å². The lowest BCUT2D eigenvalue weighted by atomic mass is 9.94. The fourth-order valence-electron chi connectivity index (χ4n) is 2.20. The van der Waals surface area contributed by atoms with E-state index >= 15 is 0 Å². The van der Waals surface area contributed by atoms with Crippen molar-refractivity contribution in [3.05, 3.63) is 23.5 Å². The predicted octanol–water partition coefficient (Wildman–Crippen LogP) is 2.45. The molecule has 2 heterocycles. The van der Waals surface area contributed by atoms with Gasteiger partial charge in [0, 0.05) is 12.6 Å². The predicted molar refractivity (Wildman–Crippen MR) is 72.7 cm³/mol. The molecule has 0 radical (unpaired) electrons. The topological polar surface area (TPSA) is 54.0 Å². The van der Waals surface area contributed by atoms with E-state index in [1.807, 2.05) is 0 Å². The van der Waals surface area contributed by atoms with E-state index in [0.717, 1.165) is 19.5 Å². The van der Waals surface area contributed by atoms with Crippen LogP contribution in [-0.4, -0.2) is 24.0 Å². The fourth-order valence-corrected chi connectivity index (χ4v) is 2.36. The summed E-state index contributed by atoms with van der Waals surface area (Å²) in [5.41, 5.74) is 0.589. The molecular formula is C13H18ClN3O. The number of carbonyl (C=O) groups excluding carboxylic acids is 1. The van der Waals surface area contributed by atoms with Crippen molar-refractivity contribution in [1.82, 2.24) is 10.3 Å². The molecule has 18 heavy (non-hydrogen) atoms. The Bertz CT molecular complexity index is 405. The van der Waals surface area contributed by atoms with E-state index in [1.54, 1.807) is 18.3 Å². The van der Waals surface area contributed by atoms with Gasteiger partial charge in [0.2, 0.25) is 5.91 Å². The summed E-state index contributed by atoms with van der Waals surface area (Å²) in [6.45, 7) is 2.13. The van der Waals surface area contributed by atoms with Crippen LogP contribution in [0.25, 0.3) is 0 Å². The standard InChI is InChI=1S/C13H18ClN3O/c14-13-11(4-2-8-16-13)17-12(18)6-5-10-3-1-7-15-9-10/h2,4,8,10,15H,1,3,5-7,9H2,(H,17,18). The summed E-state index contributed by atoms with van der Waals surface area (Å²) in [6, 6.07) is 3.52. The number of aromatic nitrogens is 1. The van der Waals surface area contributed by atoms with Crippen LogP contribution in [0.2, 0.25) is 5.15 Å². The van der Waals surface area contributed by atoms with Gasteiger partial charge in [-0.1, -0.05) is 11.6 Å². The van der Waals surface area contributed by atoms with Crippen LogP contribution in [0, 0.1) is 5.92 Å². The molecule has 1 aliphatic rings. The molecular weight excluding hydrogens is 250 g/mol. The highest BCUT2D eigenvalue weighted by atomic mass is 35.5. The normalized spacial score (nSPS) is 19.5. The van der Waals surface area contributed by atoms with Crippen molar-refractivity contribution in [3.8, 4) is 0 Å². The SMILES string of the molecule is O=C(CCC1CCCNC1)Nc1cccnc1Cl. The molecule has 1 unspecified atom stereocenters. The third kappa shape index (κ3) is 3.96. The Balaban J connectivity index is 1.76. The highest BCUT2D eigenvalue weighted by Gasteiger charge is 2.14. The van der Waals surface area contributed by atoms with Crippen LogP contribution in [0.4, 0.5) is 5.69 Å². The first-order valence-corrected chi connectivity index (χ1v) is 6.74. The Morgan fingerprint density at radius 3 is 3.22 bits per heavy atom. The van der Waals surface area contributed by atoms with Crippen molar-refractivity contribution in [2.45, 2.75) is 25.7 Å². The molecule has 0 spiro atoms. The minimum Gasteiger partial charge on any atom is -0.323 e. The third-order valence-electron chi connectivity index (χ3n) is 3.21. The molecule has 1 saturated heterocycles. The van der Waals surface area contributed by atoms with Crippen molar-refractivity contribution in [3.63, 3.8) is 0 Å². The second kappa shape index (κ2) is 6.71. The van der Waals surface area contributed by atoms with Gasteiger partial charge < -0.3 is 10.6 Å². The van der Waals surface area contributed by atoms with E-state index in [4.69, 9.17) is 11.6 Å². The number of nitrogens with zero attached hydrogens (tertiary/aromatic N) is 1. The van der Waals surface area contributed by atoms with E-state index < -0.39 is 0 Å². The summed E-state index contributed by atoms with van der Waals surface area (Å²) in [5, 5.41) is 6.49. The summed E-state index contributed by atoms with van der Waals surface area (Å²) < 4.78 is 0. The molecule has 5 heteroatoms. The zero-order valence-corrected chi connectivity index (χ0v) is 11.0. The number of anilines is 1. The van der Waals surface area contributed by atoms with Crippen molar-refractivity contribution in [2.24, 2.45) is 5.92 Å². The maximum atomic E-state index is 11.8. The Hall–Kier alpha value is -1.13. The van der Waals surface area contributed by atoms with Crippen LogP contribution in [0.1, 0.15) is 25.7 Å². The Morgan fingerprint density at radius 1 is 1.61 bits per heavy atom. The van der Waals surface area contributed by atoms with Crippen LogP contribution < -0.4 is 10.6 Å². The molecule has 4 nitrogen and oxygen atoms in total. The number of pyridine rings is 1. The van der Waals surface area contributed by atoms with Crippen LogP contribution >= 0.6 is 11.6 Å². The number of halogens is 1. The van der Waals surface area contributed by atoms with Crippen LogP contribution in [0.5, 0.6) is 0 Å². The summed E-state index contributed by atoms with van der Waals surface area (Å²) >= 11 is 5.88. The molecule has 2 N–H and O–H groups in total. The Morgan fingerprint density at radius 2 is 2.50 bits per heavy atom. The van der Waals surface area contributed by atoms with E-state index in [-0.39, 0.29) is 5.91 Å². The molecule has 1 aliphatic heterocycles. The number of rotatable bonds is 4. The number of hydrogen-bond donors (Lipinski definition) is 2. The van der Waals surface area contributed by atoms with Gasteiger partial charge in [-0.25, -0.2) is 4.98 Å². The van der Waals surface area contributed by atoms with Crippen molar-refractivity contribution in [1.29, 1.82) is 0 Å². The lowest BCUT2D eigenvalue weighted by Crippen LogP contribution is -2.30. The quantitative estimate of drug-likeness (QED) is 0.824. The van der Waals surface area contributed by atoms with E-state index in [0.29, 0.717) is 23.2 Å². The Kier molecular flexibility index (Phi) is 4.96. The molecule has 0 bridgehead atoms. The largest absolute Gasteiger partial charge is 0.323 e. The van der Waals surface area contributed by atoms with Gasteiger partial charge in [0.15, 0.2) is 5.15 Å². The zero-order valence-electron chi connectivity index (χ0n) is 10.3. The second-order valence-corrected chi connectivity index (χ2v) is 5.00. The van der Waals surface area contributed by atoms with Gasteiger partial charge in [-0.3, -0.25) is 4.79 Å². The molecule has 0 aromatic carbocycles. The van der Waals surface area contributed by atoms with Gasteiger partial charge in [0.25, 0.3) is 0 Å². The van der Waals surface area contributed by atoms with E-state index in [2.05, 4.69) is 15.6 Å². The molecule has 1 fully saturated rings. The molecule has 98 valence electrons. The summed E-state index contributed by atoms with van der Waals surface area (Å²) in [4.78, 5) is 15.7. The van der Waals surface area contributed by atoms with E-state index in [1.165, 1.54) is 12.8 Å². The summed E-state index contributed by atoms with van der Waals surface area (Å²) in [5.74, 6) is 0.629. The highest BCUT2D eigenvalue weighted by molar-refractivity contribution is 6.32. The van der Waals surface area contributed by atoms with Crippen LogP contribution in [0.3, 0.4) is 0 Å². The van der Waals surface area contributed by atoms with Crippen molar-refractivity contribution < 1.29 is 4.79 Å². The highest BCUT2D eigenvalue weighted by Crippen LogP contribution is 2.19. The van der Waals surface area contributed by atoms with Gasteiger partial charge in [-0.15, -0.1) is 0 Å².